The lowest BCUT2D eigenvalue weighted by Crippen LogP contribution is -2.47. The van der Waals surface area contributed by atoms with E-state index < -0.39 is 5.92 Å². The number of aliphatic hydroxyl groups is 1. The van der Waals surface area contributed by atoms with Crippen LogP contribution in [0.2, 0.25) is 0 Å². The first kappa shape index (κ1) is 14.5. The van der Waals surface area contributed by atoms with Crippen molar-refractivity contribution in [2.24, 2.45) is 0 Å². The molecule has 2 saturated heterocycles. The largest absolute Gasteiger partial charge is 0.460 e. The summed E-state index contributed by atoms with van der Waals surface area (Å²) in [5.74, 6) is -0.872. The van der Waals surface area contributed by atoms with Crippen LogP contribution >= 0.6 is 0 Å². The van der Waals surface area contributed by atoms with Crippen LogP contribution in [0.1, 0.15) is 37.2 Å². The van der Waals surface area contributed by atoms with Gasteiger partial charge in [-0.2, -0.15) is 0 Å². The molecule has 1 aromatic rings. The van der Waals surface area contributed by atoms with Crippen molar-refractivity contribution >= 4 is 5.97 Å². The molecule has 0 aromatic heterocycles. The van der Waals surface area contributed by atoms with Crippen LogP contribution in [0.25, 0.3) is 0 Å². The Kier molecular flexibility index (Phi) is 4.27. The van der Waals surface area contributed by atoms with Gasteiger partial charge in [-0.3, -0.25) is 9.69 Å². The average Bonchev–Trinajstić information content (AvgIpc) is 2.73. The third-order valence-corrected chi connectivity index (χ3v) is 5.04. The van der Waals surface area contributed by atoms with E-state index in [1.165, 1.54) is 6.42 Å². The van der Waals surface area contributed by atoms with Gasteiger partial charge in [-0.15, -0.1) is 0 Å². The zero-order chi connectivity index (χ0) is 14.8. The van der Waals surface area contributed by atoms with Gasteiger partial charge in [0.15, 0.2) is 0 Å². The fourth-order valence-corrected chi connectivity index (χ4v) is 3.76. The molecule has 21 heavy (non-hydrogen) atoms. The van der Waals surface area contributed by atoms with Crippen molar-refractivity contribution in [1.29, 1.82) is 0 Å². The molecule has 4 heteroatoms. The van der Waals surface area contributed by atoms with Gasteiger partial charge in [0, 0.05) is 12.1 Å². The van der Waals surface area contributed by atoms with Gasteiger partial charge < -0.3 is 9.84 Å². The Morgan fingerprint density at radius 3 is 2.71 bits per heavy atom. The number of piperidine rings is 1. The van der Waals surface area contributed by atoms with Crippen molar-refractivity contribution in [2.75, 3.05) is 13.7 Å². The van der Waals surface area contributed by atoms with Crippen molar-refractivity contribution in [3.8, 4) is 0 Å². The molecular formula is C17H23NO3. The SMILES string of the molecule is CN1C2CCC(OC(=O)C(CO)c3ccccc3)C1CC2. The summed E-state index contributed by atoms with van der Waals surface area (Å²) >= 11 is 0. The molecule has 0 spiro atoms. The highest BCUT2D eigenvalue weighted by Gasteiger charge is 2.42. The summed E-state index contributed by atoms with van der Waals surface area (Å²) < 4.78 is 5.76. The van der Waals surface area contributed by atoms with E-state index >= 15 is 0 Å². The zero-order valence-corrected chi connectivity index (χ0v) is 12.4. The van der Waals surface area contributed by atoms with Crippen molar-refractivity contribution in [2.45, 2.75) is 49.8 Å². The summed E-state index contributed by atoms with van der Waals surface area (Å²) in [5.41, 5.74) is 0.818. The molecular weight excluding hydrogens is 266 g/mol. The molecule has 2 aliphatic rings. The highest BCUT2D eigenvalue weighted by Crippen LogP contribution is 2.36. The highest BCUT2D eigenvalue weighted by molar-refractivity contribution is 5.78. The van der Waals surface area contributed by atoms with E-state index in [0.29, 0.717) is 12.1 Å². The second kappa shape index (κ2) is 6.16. The monoisotopic (exact) mass is 289 g/mol. The first-order valence-corrected chi connectivity index (χ1v) is 7.79. The Morgan fingerprint density at radius 1 is 1.29 bits per heavy atom. The van der Waals surface area contributed by atoms with Crippen molar-refractivity contribution in [3.63, 3.8) is 0 Å². The number of fused-ring (bicyclic) bond motifs is 2. The molecule has 1 N–H and O–H groups in total. The van der Waals surface area contributed by atoms with Crippen LogP contribution in [-0.2, 0) is 9.53 Å². The second-order valence-corrected chi connectivity index (χ2v) is 6.16. The fourth-order valence-electron chi connectivity index (χ4n) is 3.76. The summed E-state index contributed by atoms with van der Waals surface area (Å²) in [7, 11) is 2.13. The van der Waals surface area contributed by atoms with Crippen LogP contribution in [-0.4, -0.2) is 47.8 Å². The number of rotatable bonds is 4. The van der Waals surface area contributed by atoms with E-state index in [-0.39, 0.29) is 18.7 Å². The van der Waals surface area contributed by atoms with Crippen LogP contribution < -0.4 is 0 Å². The molecule has 1 aromatic carbocycles. The summed E-state index contributed by atoms with van der Waals surface area (Å²) in [6.45, 7) is -0.210. The van der Waals surface area contributed by atoms with Gasteiger partial charge in [-0.25, -0.2) is 0 Å². The lowest BCUT2D eigenvalue weighted by atomic mass is 9.98. The van der Waals surface area contributed by atoms with Gasteiger partial charge in [0.1, 0.15) is 12.0 Å². The first-order chi connectivity index (χ1) is 10.2. The topological polar surface area (TPSA) is 49.8 Å². The van der Waals surface area contributed by atoms with E-state index in [1.807, 2.05) is 30.3 Å². The van der Waals surface area contributed by atoms with E-state index in [2.05, 4.69) is 11.9 Å². The maximum Gasteiger partial charge on any atom is 0.316 e. The number of carbonyl (C=O) groups excluding carboxylic acids is 1. The lowest BCUT2D eigenvalue weighted by Gasteiger charge is -2.37. The molecule has 114 valence electrons. The minimum absolute atomic E-state index is 0.0287. The van der Waals surface area contributed by atoms with Crippen molar-refractivity contribution in [1.82, 2.24) is 4.90 Å². The zero-order valence-electron chi connectivity index (χ0n) is 12.4. The smallest absolute Gasteiger partial charge is 0.316 e. The highest BCUT2D eigenvalue weighted by atomic mass is 16.5. The standard InChI is InChI=1S/C17H23NO3/c1-18-13-7-9-15(18)16(10-8-13)21-17(20)14(11-19)12-5-3-2-4-6-12/h2-6,13-16,19H,7-11H2,1H3. The number of carbonyl (C=O) groups is 1. The van der Waals surface area contributed by atoms with E-state index in [1.54, 1.807) is 0 Å². The molecule has 2 aliphatic heterocycles. The van der Waals surface area contributed by atoms with Crippen LogP contribution in [0.5, 0.6) is 0 Å². The molecule has 4 nitrogen and oxygen atoms in total. The van der Waals surface area contributed by atoms with E-state index in [4.69, 9.17) is 4.74 Å². The average molecular weight is 289 g/mol. The van der Waals surface area contributed by atoms with Gasteiger partial charge in [0.2, 0.25) is 0 Å². The summed E-state index contributed by atoms with van der Waals surface area (Å²) in [6.07, 6.45) is 4.32. The summed E-state index contributed by atoms with van der Waals surface area (Å²) in [4.78, 5) is 14.8. The van der Waals surface area contributed by atoms with Crippen LogP contribution in [0.15, 0.2) is 30.3 Å². The molecule has 3 rings (SSSR count). The third-order valence-electron chi connectivity index (χ3n) is 5.04. The number of esters is 1. The van der Waals surface area contributed by atoms with Gasteiger partial charge >= 0.3 is 5.97 Å². The Morgan fingerprint density at radius 2 is 2.00 bits per heavy atom. The molecule has 4 unspecified atom stereocenters. The Bertz CT molecular complexity index is 490. The Hall–Kier alpha value is -1.39. The molecule has 0 radical (unpaired) electrons. The molecule has 4 atom stereocenters. The number of hydrogen-bond donors (Lipinski definition) is 1. The maximum atomic E-state index is 12.4. The Labute approximate surface area is 125 Å². The minimum atomic E-state index is -0.573. The lowest BCUT2D eigenvalue weighted by molar-refractivity contribution is -0.157. The molecule has 0 aliphatic carbocycles. The third kappa shape index (κ3) is 2.83. The number of aliphatic hydroxyl groups excluding tert-OH is 1. The van der Waals surface area contributed by atoms with E-state index in [0.717, 1.165) is 24.8 Å². The number of nitrogens with zero attached hydrogens (tertiary/aromatic N) is 1. The van der Waals surface area contributed by atoms with E-state index in [9.17, 15) is 9.90 Å². The molecule has 2 heterocycles. The Balaban J connectivity index is 1.68. The first-order valence-electron chi connectivity index (χ1n) is 7.79. The van der Waals surface area contributed by atoms with Gasteiger partial charge in [-0.05, 0) is 38.3 Å². The van der Waals surface area contributed by atoms with Crippen LogP contribution in [0.4, 0.5) is 0 Å². The summed E-state index contributed by atoms with van der Waals surface area (Å²) in [6, 6.07) is 10.4. The number of hydrogen-bond acceptors (Lipinski definition) is 4. The van der Waals surface area contributed by atoms with Gasteiger partial charge in [0.25, 0.3) is 0 Å². The van der Waals surface area contributed by atoms with Crippen LogP contribution in [0, 0.1) is 0 Å². The molecule has 0 amide bonds. The quantitative estimate of drug-likeness (QED) is 0.861. The fraction of sp³-hybridized carbons (Fsp3) is 0.588. The summed E-state index contributed by atoms with van der Waals surface area (Å²) in [5, 5.41) is 9.55. The number of ether oxygens (including phenoxy) is 1. The molecule has 2 bridgehead atoms. The maximum absolute atomic E-state index is 12.4. The van der Waals surface area contributed by atoms with Crippen molar-refractivity contribution < 1.29 is 14.6 Å². The number of benzene rings is 1. The normalized spacial score (nSPS) is 30.1. The predicted octanol–water partition coefficient (Wildman–Crippen LogP) is 1.93. The minimum Gasteiger partial charge on any atom is -0.460 e. The van der Waals surface area contributed by atoms with Gasteiger partial charge in [-0.1, -0.05) is 30.3 Å². The second-order valence-electron chi connectivity index (χ2n) is 6.16. The van der Waals surface area contributed by atoms with Crippen LogP contribution in [0.3, 0.4) is 0 Å². The van der Waals surface area contributed by atoms with Gasteiger partial charge in [0.05, 0.1) is 6.61 Å². The number of likely N-dealkylation sites (N-methyl/N-ethyl adjacent to an activating group) is 1. The van der Waals surface area contributed by atoms with Crippen molar-refractivity contribution in [3.05, 3.63) is 35.9 Å². The molecule has 0 saturated carbocycles. The molecule has 2 fully saturated rings. The predicted molar refractivity (Wildman–Crippen MR) is 80.0 cm³/mol.